The van der Waals surface area contributed by atoms with Crippen molar-refractivity contribution in [3.8, 4) is 11.5 Å². The van der Waals surface area contributed by atoms with Crippen LogP contribution >= 0.6 is 0 Å². The van der Waals surface area contributed by atoms with Crippen molar-refractivity contribution >= 4 is 27.5 Å². The molecule has 4 rings (SSSR count). The summed E-state index contributed by atoms with van der Waals surface area (Å²) in [7, 11) is -2.55. The summed E-state index contributed by atoms with van der Waals surface area (Å²) < 4.78 is 38.1. The van der Waals surface area contributed by atoms with Gasteiger partial charge in [-0.2, -0.15) is 4.31 Å². The van der Waals surface area contributed by atoms with Crippen molar-refractivity contribution in [2.75, 3.05) is 38.7 Å². The number of anilines is 1. The lowest BCUT2D eigenvalue weighted by Crippen LogP contribution is -2.35. The zero-order chi connectivity index (χ0) is 23.4. The third-order valence-corrected chi connectivity index (χ3v) is 7.35. The van der Waals surface area contributed by atoms with Gasteiger partial charge in [0.1, 0.15) is 0 Å². The zero-order valence-corrected chi connectivity index (χ0v) is 19.3. The molecule has 2 aliphatic rings. The molecular formula is C23H27N3O6S. The number of hydrogen-bond acceptors (Lipinski definition) is 6. The number of hydrogen-bond donors (Lipinski definition) is 1. The summed E-state index contributed by atoms with van der Waals surface area (Å²) in [5.74, 6) is 0.540. The number of carbonyl (C=O) groups is 2. The SMILES string of the molecule is CN(CC(=O)Nc1cccc(CN2CCCC2=O)c1)S(=O)(=O)c1ccc2c(c1)OCCCO2. The number of rotatable bonds is 7. The molecule has 0 saturated carbocycles. The quantitative estimate of drug-likeness (QED) is 0.661. The summed E-state index contributed by atoms with van der Waals surface area (Å²) in [6, 6.07) is 11.6. The van der Waals surface area contributed by atoms with Gasteiger partial charge in [0, 0.05) is 44.7 Å². The summed E-state index contributed by atoms with van der Waals surface area (Å²) in [6.07, 6.45) is 2.15. The van der Waals surface area contributed by atoms with Crippen LogP contribution in [-0.2, 0) is 26.2 Å². The second-order valence-electron chi connectivity index (χ2n) is 8.09. The number of nitrogens with zero attached hydrogens (tertiary/aromatic N) is 2. The van der Waals surface area contributed by atoms with E-state index in [1.165, 1.54) is 19.2 Å². The molecule has 2 heterocycles. The van der Waals surface area contributed by atoms with Gasteiger partial charge in [-0.15, -0.1) is 0 Å². The summed E-state index contributed by atoms with van der Waals surface area (Å²) in [6.45, 7) is 1.82. The van der Waals surface area contributed by atoms with Gasteiger partial charge in [0.25, 0.3) is 0 Å². The predicted molar refractivity (Wildman–Crippen MR) is 122 cm³/mol. The van der Waals surface area contributed by atoms with Crippen molar-refractivity contribution in [1.82, 2.24) is 9.21 Å². The number of nitrogens with one attached hydrogen (secondary N) is 1. The standard InChI is InChI=1S/C23H27N3O6S/c1-25(33(29,30)19-8-9-20-21(14-19)32-12-4-11-31-20)16-22(27)24-18-6-2-5-17(13-18)15-26-10-3-7-23(26)28/h2,5-6,8-9,13-14H,3-4,7,10-12,15-16H2,1H3,(H,24,27). The maximum Gasteiger partial charge on any atom is 0.243 e. The Morgan fingerprint density at radius 1 is 1.09 bits per heavy atom. The molecule has 0 radical (unpaired) electrons. The largest absolute Gasteiger partial charge is 0.490 e. The van der Waals surface area contributed by atoms with Gasteiger partial charge in [0.2, 0.25) is 21.8 Å². The number of fused-ring (bicyclic) bond motifs is 1. The van der Waals surface area contributed by atoms with Gasteiger partial charge in [0.05, 0.1) is 24.7 Å². The fourth-order valence-corrected chi connectivity index (χ4v) is 4.95. The van der Waals surface area contributed by atoms with E-state index in [1.54, 1.807) is 29.2 Å². The molecule has 0 bridgehead atoms. The molecule has 0 unspecified atom stereocenters. The number of likely N-dealkylation sites (tertiary alicyclic amines) is 1. The Kier molecular flexibility index (Phi) is 6.85. The molecule has 0 aromatic heterocycles. The number of amides is 2. The van der Waals surface area contributed by atoms with Crippen LogP contribution in [-0.4, -0.2) is 62.8 Å². The molecule has 2 aliphatic heterocycles. The Morgan fingerprint density at radius 3 is 2.64 bits per heavy atom. The molecule has 10 heteroatoms. The highest BCUT2D eigenvalue weighted by atomic mass is 32.2. The van der Waals surface area contributed by atoms with Crippen molar-refractivity contribution in [1.29, 1.82) is 0 Å². The molecule has 9 nitrogen and oxygen atoms in total. The highest BCUT2D eigenvalue weighted by molar-refractivity contribution is 7.89. The molecular weight excluding hydrogens is 446 g/mol. The Morgan fingerprint density at radius 2 is 1.88 bits per heavy atom. The van der Waals surface area contributed by atoms with Crippen molar-refractivity contribution in [3.63, 3.8) is 0 Å². The molecule has 2 aromatic carbocycles. The molecule has 176 valence electrons. The van der Waals surface area contributed by atoms with Crippen molar-refractivity contribution in [2.24, 2.45) is 0 Å². The van der Waals surface area contributed by atoms with E-state index in [4.69, 9.17) is 9.47 Å². The first-order valence-electron chi connectivity index (χ1n) is 10.9. The van der Waals surface area contributed by atoms with E-state index in [0.29, 0.717) is 49.8 Å². The molecule has 1 saturated heterocycles. The van der Waals surface area contributed by atoms with Gasteiger partial charge in [-0.3, -0.25) is 9.59 Å². The normalized spacial score (nSPS) is 16.1. The maximum absolute atomic E-state index is 13.0. The molecule has 0 atom stereocenters. The number of benzene rings is 2. The van der Waals surface area contributed by atoms with Crippen LogP contribution in [0, 0.1) is 0 Å². The Bertz CT molecular complexity index is 1150. The zero-order valence-electron chi connectivity index (χ0n) is 18.5. The Labute approximate surface area is 193 Å². The van der Waals surface area contributed by atoms with Gasteiger partial charge in [-0.05, 0) is 36.2 Å². The lowest BCUT2D eigenvalue weighted by Gasteiger charge is -2.18. The van der Waals surface area contributed by atoms with E-state index in [9.17, 15) is 18.0 Å². The van der Waals surface area contributed by atoms with E-state index in [0.717, 1.165) is 22.8 Å². The highest BCUT2D eigenvalue weighted by Crippen LogP contribution is 2.32. The third-order valence-electron chi connectivity index (χ3n) is 5.55. The first-order valence-corrected chi connectivity index (χ1v) is 12.3. The molecule has 2 amide bonds. The number of carbonyl (C=O) groups excluding carboxylic acids is 2. The monoisotopic (exact) mass is 473 g/mol. The average Bonchev–Trinajstić information content (AvgIpc) is 3.04. The van der Waals surface area contributed by atoms with Crippen LogP contribution in [0.3, 0.4) is 0 Å². The first kappa shape index (κ1) is 23.1. The van der Waals surface area contributed by atoms with Crippen molar-refractivity contribution in [3.05, 3.63) is 48.0 Å². The van der Waals surface area contributed by atoms with Crippen molar-refractivity contribution < 1.29 is 27.5 Å². The smallest absolute Gasteiger partial charge is 0.243 e. The fraction of sp³-hybridized carbons (Fsp3) is 0.391. The summed E-state index contributed by atoms with van der Waals surface area (Å²) in [4.78, 5) is 26.2. The third kappa shape index (κ3) is 5.45. The van der Waals surface area contributed by atoms with Crippen LogP contribution in [0.5, 0.6) is 11.5 Å². The van der Waals surface area contributed by atoms with Gasteiger partial charge < -0.3 is 19.7 Å². The van der Waals surface area contributed by atoms with Gasteiger partial charge >= 0.3 is 0 Å². The maximum atomic E-state index is 13.0. The number of likely N-dealkylation sites (N-methyl/N-ethyl adjacent to an activating group) is 1. The predicted octanol–water partition coefficient (Wildman–Crippen LogP) is 2.23. The molecule has 33 heavy (non-hydrogen) atoms. The van der Waals surface area contributed by atoms with E-state index in [1.807, 2.05) is 6.07 Å². The number of ether oxygens (including phenoxy) is 2. The van der Waals surface area contributed by atoms with E-state index in [2.05, 4.69) is 5.32 Å². The van der Waals surface area contributed by atoms with Gasteiger partial charge in [-0.25, -0.2) is 8.42 Å². The van der Waals surface area contributed by atoms with Crippen LogP contribution < -0.4 is 14.8 Å². The van der Waals surface area contributed by atoms with Crippen LogP contribution in [0.15, 0.2) is 47.4 Å². The molecule has 1 fully saturated rings. The summed E-state index contributed by atoms with van der Waals surface area (Å²) >= 11 is 0. The minimum absolute atomic E-state index is 0.0272. The van der Waals surface area contributed by atoms with Crippen LogP contribution in [0.25, 0.3) is 0 Å². The van der Waals surface area contributed by atoms with E-state index < -0.39 is 15.9 Å². The van der Waals surface area contributed by atoms with E-state index in [-0.39, 0.29) is 17.3 Å². The van der Waals surface area contributed by atoms with Crippen molar-refractivity contribution in [2.45, 2.75) is 30.7 Å². The lowest BCUT2D eigenvalue weighted by atomic mass is 10.2. The summed E-state index contributed by atoms with van der Waals surface area (Å²) in [5.41, 5.74) is 1.45. The Balaban J connectivity index is 1.39. The fourth-order valence-electron chi connectivity index (χ4n) is 3.81. The molecule has 0 aliphatic carbocycles. The second kappa shape index (κ2) is 9.80. The van der Waals surface area contributed by atoms with Crippen LogP contribution in [0.1, 0.15) is 24.8 Å². The minimum Gasteiger partial charge on any atom is -0.490 e. The highest BCUT2D eigenvalue weighted by Gasteiger charge is 2.25. The number of sulfonamides is 1. The minimum atomic E-state index is -3.91. The Hall–Kier alpha value is -3.11. The van der Waals surface area contributed by atoms with Gasteiger partial charge in [0.15, 0.2) is 11.5 Å². The molecule has 0 spiro atoms. The van der Waals surface area contributed by atoms with Gasteiger partial charge in [-0.1, -0.05) is 12.1 Å². The average molecular weight is 474 g/mol. The topological polar surface area (TPSA) is 105 Å². The van der Waals surface area contributed by atoms with Crippen LogP contribution in [0.2, 0.25) is 0 Å². The van der Waals surface area contributed by atoms with Crippen LogP contribution in [0.4, 0.5) is 5.69 Å². The van der Waals surface area contributed by atoms with E-state index >= 15 is 0 Å². The molecule has 1 N–H and O–H groups in total. The lowest BCUT2D eigenvalue weighted by molar-refractivity contribution is -0.128. The first-order chi connectivity index (χ1) is 15.8. The second-order valence-corrected chi connectivity index (χ2v) is 10.1. The molecule has 2 aromatic rings. The summed E-state index contributed by atoms with van der Waals surface area (Å²) in [5, 5.41) is 2.74.